The van der Waals surface area contributed by atoms with Gasteiger partial charge in [0.2, 0.25) is 0 Å². The van der Waals surface area contributed by atoms with Gasteiger partial charge >= 0.3 is 0 Å². The fourth-order valence-electron chi connectivity index (χ4n) is 2.21. The number of halogens is 2. The van der Waals surface area contributed by atoms with Gasteiger partial charge in [-0.25, -0.2) is 8.78 Å². The molecule has 2 aromatic carbocycles. The predicted octanol–water partition coefficient (Wildman–Crippen LogP) is 4.10. The van der Waals surface area contributed by atoms with Crippen molar-refractivity contribution in [2.75, 3.05) is 0 Å². The van der Waals surface area contributed by atoms with E-state index in [2.05, 4.69) is 0 Å². The van der Waals surface area contributed by atoms with Crippen LogP contribution in [0.2, 0.25) is 0 Å². The Balaban J connectivity index is 2.10. The molecule has 0 saturated carbocycles. The Morgan fingerprint density at radius 2 is 1.85 bits per heavy atom. The Labute approximate surface area is 114 Å². The van der Waals surface area contributed by atoms with Gasteiger partial charge in [-0.1, -0.05) is 29.8 Å². The second-order valence-electron chi connectivity index (χ2n) is 4.73. The normalized spacial score (nSPS) is 12.8. The molecule has 0 saturated heterocycles. The summed E-state index contributed by atoms with van der Waals surface area (Å²) in [6.07, 6.45) is -1.26. The van der Waals surface area contributed by atoms with Crippen LogP contribution in [0.4, 0.5) is 8.78 Å². The van der Waals surface area contributed by atoms with Crippen LogP contribution in [0.25, 0.3) is 11.0 Å². The molecule has 0 aliphatic heterocycles. The SMILES string of the molecule is Cc1ccc(F)c(C(O)c2cc3cccc(F)c3o2)c1. The zero-order valence-electron chi connectivity index (χ0n) is 10.7. The van der Waals surface area contributed by atoms with E-state index in [4.69, 9.17) is 4.42 Å². The number of hydrogen-bond donors (Lipinski definition) is 1. The number of rotatable bonds is 2. The summed E-state index contributed by atoms with van der Waals surface area (Å²) in [5.74, 6) is -0.913. The summed E-state index contributed by atoms with van der Waals surface area (Å²) in [4.78, 5) is 0. The highest BCUT2D eigenvalue weighted by atomic mass is 19.1. The molecular formula is C16H12F2O2. The van der Waals surface area contributed by atoms with E-state index in [1.807, 2.05) is 0 Å². The molecule has 1 atom stereocenters. The van der Waals surface area contributed by atoms with Crippen LogP contribution in [0, 0.1) is 18.6 Å². The highest BCUT2D eigenvalue weighted by Crippen LogP contribution is 2.30. The van der Waals surface area contributed by atoms with Gasteiger partial charge in [-0.05, 0) is 25.1 Å². The molecule has 0 spiro atoms. The van der Waals surface area contributed by atoms with E-state index in [0.717, 1.165) is 5.56 Å². The molecule has 102 valence electrons. The summed E-state index contributed by atoms with van der Waals surface area (Å²) in [7, 11) is 0. The van der Waals surface area contributed by atoms with Gasteiger partial charge in [0.1, 0.15) is 17.7 Å². The van der Waals surface area contributed by atoms with E-state index >= 15 is 0 Å². The van der Waals surface area contributed by atoms with Gasteiger partial charge in [0.05, 0.1) is 0 Å². The molecule has 0 aliphatic rings. The second-order valence-corrected chi connectivity index (χ2v) is 4.73. The molecule has 0 aliphatic carbocycles. The molecule has 3 aromatic rings. The van der Waals surface area contributed by atoms with E-state index in [9.17, 15) is 13.9 Å². The largest absolute Gasteiger partial charge is 0.455 e. The fourth-order valence-corrected chi connectivity index (χ4v) is 2.21. The predicted molar refractivity (Wildman–Crippen MR) is 71.4 cm³/mol. The molecule has 1 N–H and O–H groups in total. The topological polar surface area (TPSA) is 33.4 Å². The monoisotopic (exact) mass is 274 g/mol. The van der Waals surface area contributed by atoms with Gasteiger partial charge in [0.15, 0.2) is 11.4 Å². The number of fused-ring (bicyclic) bond motifs is 1. The zero-order valence-corrected chi connectivity index (χ0v) is 10.7. The number of aliphatic hydroxyl groups excluding tert-OH is 1. The van der Waals surface area contributed by atoms with Crippen LogP contribution >= 0.6 is 0 Å². The van der Waals surface area contributed by atoms with Gasteiger partial charge < -0.3 is 9.52 Å². The van der Waals surface area contributed by atoms with Crippen molar-refractivity contribution in [3.8, 4) is 0 Å². The molecule has 20 heavy (non-hydrogen) atoms. The maximum atomic E-state index is 13.8. The summed E-state index contributed by atoms with van der Waals surface area (Å²) in [5, 5.41) is 10.8. The highest BCUT2D eigenvalue weighted by Gasteiger charge is 2.20. The van der Waals surface area contributed by atoms with Crippen LogP contribution in [-0.4, -0.2) is 5.11 Å². The minimum absolute atomic E-state index is 0.0645. The quantitative estimate of drug-likeness (QED) is 0.763. The molecule has 0 amide bonds. The van der Waals surface area contributed by atoms with Crippen molar-refractivity contribution in [2.24, 2.45) is 0 Å². The first-order valence-electron chi connectivity index (χ1n) is 6.18. The molecule has 0 radical (unpaired) electrons. The Morgan fingerprint density at radius 1 is 1.05 bits per heavy atom. The van der Waals surface area contributed by atoms with Gasteiger partial charge in [0, 0.05) is 10.9 Å². The van der Waals surface area contributed by atoms with Crippen molar-refractivity contribution in [1.29, 1.82) is 0 Å². The molecule has 1 aromatic heterocycles. The molecular weight excluding hydrogens is 262 g/mol. The van der Waals surface area contributed by atoms with Crippen molar-refractivity contribution in [3.63, 3.8) is 0 Å². The Morgan fingerprint density at radius 3 is 2.60 bits per heavy atom. The lowest BCUT2D eigenvalue weighted by Gasteiger charge is -2.10. The maximum absolute atomic E-state index is 13.8. The van der Waals surface area contributed by atoms with Gasteiger partial charge in [-0.3, -0.25) is 0 Å². The molecule has 1 heterocycles. The zero-order chi connectivity index (χ0) is 14.3. The summed E-state index contributed by atoms with van der Waals surface area (Å²) in [6.45, 7) is 1.80. The van der Waals surface area contributed by atoms with Crippen LogP contribution in [0.15, 0.2) is 46.9 Å². The maximum Gasteiger partial charge on any atom is 0.170 e. The first-order chi connectivity index (χ1) is 9.56. The van der Waals surface area contributed by atoms with Crippen LogP contribution in [-0.2, 0) is 0 Å². The van der Waals surface area contributed by atoms with Crippen LogP contribution in [0.5, 0.6) is 0 Å². The lowest BCUT2D eigenvalue weighted by atomic mass is 10.0. The van der Waals surface area contributed by atoms with Gasteiger partial charge in [-0.15, -0.1) is 0 Å². The van der Waals surface area contributed by atoms with Crippen molar-refractivity contribution in [1.82, 2.24) is 0 Å². The standard InChI is InChI=1S/C16H12F2O2/c1-9-5-6-12(17)11(7-9)15(19)14-8-10-3-2-4-13(18)16(10)20-14/h2-8,15,19H,1H3. The van der Waals surface area contributed by atoms with E-state index in [0.29, 0.717) is 5.39 Å². The first-order valence-corrected chi connectivity index (χ1v) is 6.18. The Bertz CT molecular complexity index is 777. The Kier molecular flexibility index (Phi) is 3.03. The average molecular weight is 274 g/mol. The van der Waals surface area contributed by atoms with Crippen LogP contribution in [0.3, 0.4) is 0 Å². The minimum Gasteiger partial charge on any atom is -0.455 e. The van der Waals surface area contributed by atoms with Gasteiger partial charge in [-0.2, -0.15) is 0 Å². The smallest absolute Gasteiger partial charge is 0.170 e. The van der Waals surface area contributed by atoms with E-state index in [1.54, 1.807) is 31.2 Å². The van der Waals surface area contributed by atoms with Crippen LogP contribution in [0.1, 0.15) is 23.0 Å². The third kappa shape index (κ3) is 2.08. The fraction of sp³-hybridized carbons (Fsp3) is 0.125. The number of para-hydroxylation sites is 1. The molecule has 3 rings (SSSR count). The third-order valence-corrected chi connectivity index (χ3v) is 3.23. The number of benzene rings is 2. The second kappa shape index (κ2) is 4.72. The number of hydrogen-bond acceptors (Lipinski definition) is 2. The first kappa shape index (κ1) is 12.8. The van der Waals surface area contributed by atoms with Crippen molar-refractivity contribution in [2.45, 2.75) is 13.0 Å². The summed E-state index contributed by atoms with van der Waals surface area (Å²) < 4.78 is 32.6. The molecule has 1 unspecified atom stereocenters. The number of aryl methyl sites for hydroxylation is 1. The number of aliphatic hydroxyl groups is 1. The molecule has 4 heteroatoms. The van der Waals surface area contributed by atoms with E-state index in [-0.39, 0.29) is 16.9 Å². The minimum atomic E-state index is -1.26. The number of furan rings is 1. The van der Waals surface area contributed by atoms with Gasteiger partial charge in [0.25, 0.3) is 0 Å². The highest BCUT2D eigenvalue weighted by molar-refractivity contribution is 5.78. The van der Waals surface area contributed by atoms with Crippen molar-refractivity contribution in [3.05, 3.63) is 71.0 Å². The van der Waals surface area contributed by atoms with Crippen molar-refractivity contribution < 1.29 is 18.3 Å². The average Bonchev–Trinajstić information content (AvgIpc) is 2.86. The Hall–Kier alpha value is -2.20. The summed E-state index contributed by atoms with van der Waals surface area (Å²) in [5.41, 5.74) is 1.00. The lowest BCUT2D eigenvalue weighted by Crippen LogP contribution is -2.01. The lowest BCUT2D eigenvalue weighted by molar-refractivity contribution is 0.187. The molecule has 0 bridgehead atoms. The molecule has 0 fully saturated rings. The summed E-state index contributed by atoms with van der Waals surface area (Å²) in [6, 6.07) is 10.5. The van der Waals surface area contributed by atoms with Crippen molar-refractivity contribution >= 4 is 11.0 Å². The van der Waals surface area contributed by atoms with E-state index < -0.39 is 17.7 Å². The summed E-state index contributed by atoms with van der Waals surface area (Å²) >= 11 is 0. The third-order valence-electron chi connectivity index (χ3n) is 3.23. The molecule has 2 nitrogen and oxygen atoms in total. The van der Waals surface area contributed by atoms with E-state index in [1.165, 1.54) is 18.2 Å². The van der Waals surface area contributed by atoms with Crippen LogP contribution < -0.4 is 0 Å².